The third-order valence-electron chi connectivity index (χ3n) is 4.30. The second kappa shape index (κ2) is 9.82. The molecule has 7 heteroatoms. The summed E-state index contributed by atoms with van der Waals surface area (Å²) >= 11 is 0. The number of anilines is 1. The lowest BCUT2D eigenvalue weighted by molar-refractivity contribution is 0.102. The second-order valence-electron chi connectivity index (χ2n) is 6.92. The number of nitrogens with zero attached hydrogens (tertiary/aromatic N) is 1. The third kappa shape index (κ3) is 6.15. The number of rotatable bonds is 9. The Labute approximate surface area is 168 Å². The molecule has 2 rings (SSSR count). The number of sulfonamides is 1. The highest BCUT2D eigenvalue weighted by atomic mass is 32.2. The molecule has 2 aromatic rings. The smallest absolute Gasteiger partial charge is 0.255 e. The van der Waals surface area contributed by atoms with Crippen LogP contribution in [0.4, 0.5) is 5.69 Å². The molecule has 0 bridgehead atoms. The first-order valence-electron chi connectivity index (χ1n) is 9.50. The summed E-state index contributed by atoms with van der Waals surface area (Å²) in [6, 6.07) is 13.5. The van der Waals surface area contributed by atoms with E-state index in [1.165, 1.54) is 24.3 Å². The van der Waals surface area contributed by atoms with Crippen LogP contribution in [0.3, 0.4) is 0 Å². The Morgan fingerprint density at radius 1 is 1.04 bits per heavy atom. The van der Waals surface area contributed by atoms with Gasteiger partial charge in [0, 0.05) is 23.8 Å². The van der Waals surface area contributed by atoms with Gasteiger partial charge < -0.3 is 5.32 Å². The molecule has 2 N–H and O–H groups in total. The quantitative estimate of drug-likeness (QED) is 0.672. The summed E-state index contributed by atoms with van der Waals surface area (Å²) < 4.78 is 26.9. The van der Waals surface area contributed by atoms with Crippen molar-refractivity contribution in [3.63, 3.8) is 0 Å². The fourth-order valence-electron chi connectivity index (χ4n) is 2.82. The zero-order chi connectivity index (χ0) is 20.7. The van der Waals surface area contributed by atoms with Gasteiger partial charge in [0.05, 0.1) is 4.90 Å². The maximum absolute atomic E-state index is 12.5. The highest BCUT2D eigenvalue weighted by molar-refractivity contribution is 7.89. The first kappa shape index (κ1) is 22.1. The van der Waals surface area contributed by atoms with Gasteiger partial charge in [-0.3, -0.25) is 9.69 Å². The molecule has 0 atom stereocenters. The Morgan fingerprint density at radius 3 is 2.25 bits per heavy atom. The average Bonchev–Trinajstić information content (AvgIpc) is 2.65. The number of hydrogen-bond acceptors (Lipinski definition) is 4. The minimum atomic E-state index is -3.57. The van der Waals surface area contributed by atoms with Gasteiger partial charge in [-0.1, -0.05) is 26.0 Å². The topological polar surface area (TPSA) is 78.5 Å². The second-order valence-corrected chi connectivity index (χ2v) is 8.63. The van der Waals surface area contributed by atoms with E-state index in [0.717, 1.165) is 25.2 Å². The lowest BCUT2D eigenvalue weighted by Crippen LogP contribution is -2.30. The molecule has 0 unspecified atom stereocenters. The van der Waals surface area contributed by atoms with Gasteiger partial charge in [-0.25, -0.2) is 13.1 Å². The van der Waals surface area contributed by atoms with Crippen molar-refractivity contribution in [3.8, 4) is 0 Å². The Bertz CT molecular complexity index is 889. The summed E-state index contributed by atoms with van der Waals surface area (Å²) in [4.78, 5) is 14.9. The van der Waals surface area contributed by atoms with E-state index in [4.69, 9.17) is 0 Å². The average molecular weight is 404 g/mol. The van der Waals surface area contributed by atoms with Crippen molar-refractivity contribution in [3.05, 3.63) is 59.7 Å². The van der Waals surface area contributed by atoms with Crippen LogP contribution in [0.2, 0.25) is 0 Å². The van der Waals surface area contributed by atoms with Crippen molar-refractivity contribution in [2.24, 2.45) is 0 Å². The van der Waals surface area contributed by atoms with Crippen molar-refractivity contribution in [2.45, 2.75) is 45.2 Å². The summed E-state index contributed by atoms with van der Waals surface area (Å²) in [5, 5.41) is 2.88. The molecule has 0 aromatic heterocycles. The summed E-state index contributed by atoms with van der Waals surface area (Å²) in [6.07, 6.45) is 0. The number of carbonyl (C=O) groups excluding carboxylic acids is 1. The van der Waals surface area contributed by atoms with E-state index < -0.39 is 10.0 Å². The van der Waals surface area contributed by atoms with Crippen LogP contribution in [0.25, 0.3) is 0 Å². The van der Waals surface area contributed by atoms with Crippen molar-refractivity contribution in [1.29, 1.82) is 0 Å². The molecule has 1 amide bonds. The third-order valence-corrected chi connectivity index (χ3v) is 5.98. The standard InChI is InChI=1S/C21H29N3O3S/c1-5-24(6-2)15-17-8-7-9-19(14-17)22-21(25)18-10-12-20(13-11-18)28(26,27)23-16(3)4/h7-14,16,23H,5-6,15H2,1-4H3,(H,22,25). The van der Waals surface area contributed by atoms with Crippen LogP contribution in [0.15, 0.2) is 53.4 Å². The molecular weight excluding hydrogens is 374 g/mol. The highest BCUT2D eigenvalue weighted by Gasteiger charge is 2.16. The van der Waals surface area contributed by atoms with Crippen molar-refractivity contribution < 1.29 is 13.2 Å². The number of amides is 1. The van der Waals surface area contributed by atoms with E-state index in [-0.39, 0.29) is 16.8 Å². The molecule has 0 aliphatic heterocycles. The summed E-state index contributed by atoms with van der Waals surface area (Å²) in [7, 11) is -3.57. The van der Waals surface area contributed by atoms with Crippen LogP contribution >= 0.6 is 0 Å². The van der Waals surface area contributed by atoms with Gasteiger partial charge in [0.15, 0.2) is 0 Å². The molecule has 28 heavy (non-hydrogen) atoms. The Hall–Kier alpha value is -2.22. The van der Waals surface area contributed by atoms with Gasteiger partial charge in [0.1, 0.15) is 0 Å². The van der Waals surface area contributed by atoms with Crippen LogP contribution in [-0.4, -0.2) is 38.4 Å². The van der Waals surface area contributed by atoms with Crippen LogP contribution in [0.5, 0.6) is 0 Å². The normalized spacial score (nSPS) is 11.8. The predicted octanol–water partition coefficient (Wildman–Crippen LogP) is 3.47. The van der Waals surface area contributed by atoms with Crippen molar-refractivity contribution >= 4 is 21.6 Å². The first-order valence-corrected chi connectivity index (χ1v) is 11.0. The molecule has 0 aliphatic carbocycles. The largest absolute Gasteiger partial charge is 0.322 e. The van der Waals surface area contributed by atoms with E-state index >= 15 is 0 Å². The zero-order valence-corrected chi connectivity index (χ0v) is 17.7. The predicted molar refractivity (Wildman–Crippen MR) is 113 cm³/mol. The molecular formula is C21H29N3O3S. The molecule has 0 spiro atoms. The van der Waals surface area contributed by atoms with E-state index in [0.29, 0.717) is 11.3 Å². The molecule has 2 aromatic carbocycles. The maximum atomic E-state index is 12.5. The van der Waals surface area contributed by atoms with Gasteiger partial charge in [0.25, 0.3) is 5.91 Å². The Kier molecular flexibility index (Phi) is 7.74. The Balaban J connectivity index is 2.09. The molecule has 0 radical (unpaired) electrons. The van der Waals surface area contributed by atoms with Gasteiger partial charge in [0.2, 0.25) is 10.0 Å². The summed E-state index contributed by atoms with van der Waals surface area (Å²) in [5.74, 6) is -0.277. The lowest BCUT2D eigenvalue weighted by atomic mass is 10.1. The molecule has 6 nitrogen and oxygen atoms in total. The Morgan fingerprint density at radius 2 is 1.68 bits per heavy atom. The van der Waals surface area contributed by atoms with E-state index in [9.17, 15) is 13.2 Å². The molecule has 0 saturated carbocycles. The number of hydrogen-bond donors (Lipinski definition) is 2. The summed E-state index contributed by atoms with van der Waals surface area (Å²) in [6.45, 7) is 10.5. The monoisotopic (exact) mass is 403 g/mol. The van der Waals surface area contributed by atoms with Gasteiger partial charge in [-0.15, -0.1) is 0 Å². The van der Waals surface area contributed by atoms with Crippen LogP contribution in [-0.2, 0) is 16.6 Å². The fraction of sp³-hybridized carbons (Fsp3) is 0.381. The molecule has 0 fully saturated rings. The molecule has 0 aliphatic rings. The van der Waals surface area contributed by atoms with E-state index in [1.54, 1.807) is 13.8 Å². The minimum absolute atomic E-state index is 0.138. The SMILES string of the molecule is CCN(CC)Cc1cccc(NC(=O)c2ccc(S(=O)(=O)NC(C)C)cc2)c1. The van der Waals surface area contributed by atoms with Crippen LogP contribution in [0, 0.1) is 0 Å². The number of carbonyl (C=O) groups is 1. The summed E-state index contributed by atoms with van der Waals surface area (Å²) in [5.41, 5.74) is 2.24. The van der Waals surface area contributed by atoms with E-state index in [1.807, 2.05) is 24.3 Å². The number of benzene rings is 2. The van der Waals surface area contributed by atoms with Gasteiger partial charge in [-0.05, 0) is 68.9 Å². The molecule has 0 heterocycles. The van der Waals surface area contributed by atoms with Crippen LogP contribution < -0.4 is 10.0 Å². The number of nitrogens with one attached hydrogen (secondary N) is 2. The van der Waals surface area contributed by atoms with Gasteiger partial charge >= 0.3 is 0 Å². The fourth-order valence-corrected chi connectivity index (χ4v) is 4.07. The maximum Gasteiger partial charge on any atom is 0.255 e. The van der Waals surface area contributed by atoms with Crippen molar-refractivity contribution in [1.82, 2.24) is 9.62 Å². The minimum Gasteiger partial charge on any atom is -0.322 e. The van der Waals surface area contributed by atoms with E-state index in [2.05, 4.69) is 28.8 Å². The lowest BCUT2D eigenvalue weighted by Gasteiger charge is -2.18. The molecule has 152 valence electrons. The highest BCUT2D eigenvalue weighted by Crippen LogP contribution is 2.16. The van der Waals surface area contributed by atoms with Crippen LogP contribution in [0.1, 0.15) is 43.6 Å². The van der Waals surface area contributed by atoms with Crippen molar-refractivity contribution in [2.75, 3.05) is 18.4 Å². The zero-order valence-electron chi connectivity index (χ0n) is 16.9. The molecule has 0 saturated heterocycles. The van der Waals surface area contributed by atoms with Gasteiger partial charge in [-0.2, -0.15) is 0 Å². The first-order chi connectivity index (χ1) is 13.2.